The first-order chi connectivity index (χ1) is 10.5. The molecule has 22 heavy (non-hydrogen) atoms. The maximum atomic E-state index is 12.4. The Morgan fingerprint density at radius 1 is 1.18 bits per heavy atom. The minimum absolute atomic E-state index is 0.0127. The summed E-state index contributed by atoms with van der Waals surface area (Å²) in [6.45, 7) is 6.07. The summed E-state index contributed by atoms with van der Waals surface area (Å²) in [4.78, 5) is 12.4. The molecule has 2 heterocycles. The molecule has 4 heteroatoms. The predicted octanol–water partition coefficient (Wildman–Crippen LogP) is 3.76. The smallest absolute Gasteiger partial charge is 0.193 e. The molecule has 0 bridgehead atoms. The van der Waals surface area contributed by atoms with Gasteiger partial charge in [-0.15, -0.1) is 0 Å². The Labute approximate surface area is 129 Å². The van der Waals surface area contributed by atoms with E-state index in [1.165, 1.54) is 0 Å². The average molecular weight is 296 g/mol. The lowest BCUT2D eigenvalue weighted by Crippen LogP contribution is -2.03. The van der Waals surface area contributed by atoms with Gasteiger partial charge in [0.1, 0.15) is 11.3 Å². The Kier molecular flexibility index (Phi) is 3.61. The number of nitrogens with zero attached hydrogens (tertiary/aromatic N) is 2. The van der Waals surface area contributed by atoms with Crippen LogP contribution in [0.25, 0.3) is 22.4 Å². The first-order valence-corrected chi connectivity index (χ1v) is 7.58. The predicted molar refractivity (Wildman–Crippen MR) is 88.2 cm³/mol. The van der Waals surface area contributed by atoms with Crippen LogP contribution in [0.5, 0.6) is 0 Å². The van der Waals surface area contributed by atoms with E-state index in [9.17, 15) is 4.79 Å². The zero-order valence-corrected chi connectivity index (χ0v) is 13.4. The number of hydrogen-bond donors (Lipinski definition) is 0. The number of aryl methyl sites for hydroxylation is 4. The minimum atomic E-state index is -0.0127. The number of hydrogen-bond acceptors (Lipinski definition) is 3. The van der Waals surface area contributed by atoms with Crippen molar-refractivity contribution in [3.8, 4) is 11.5 Å². The van der Waals surface area contributed by atoms with Gasteiger partial charge in [-0.2, -0.15) is 5.10 Å². The van der Waals surface area contributed by atoms with Crippen molar-refractivity contribution in [2.24, 2.45) is 7.05 Å². The van der Waals surface area contributed by atoms with E-state index in [-0.39, 0.29) is 5.43 Å². The van der Waals surface area contributed by atoms with Crippen molar-refractivity contribution in [1.82, 2.24) is 9.78 Å². The molecule has 0 spiro atoms. The van der Waals surface area contributed by atoms with Gasteiger partial charge in [0, 0.05) is 13.1 Å². The third-order valence-corrected chi connectivity index (χ3v) is 3.85. The monoisotopic (exact) mass is 296 g/mol. The first kappa shape index (κ1) is 14.6. The Hall–Kier alpha value is -2.36. The van der Waals surface area contributed by atoms with Gasteiger partial charge in [-0.1, -0.05) is 19.4 Å². The Bertz CT molecular complexity index is 903. The second kappa shape index (κ2) is 5.44. The van der Waals surface area contributed by atoms with Crippen LogP contribution in [-0.4, -0.2) is 9.78 Å². The van der Waals surface area contributed by atoms with Gasteiger partial charge in [0.2, 0.25) is 0 Å². The zero-order chi connectivity index (χ0) is 15.9. The molecule has 0 aliphatic rings. The highest BCUT2D eigenvalue weighted by Crippen LogP contribution is 2.25. The summed E-state index contributed by atoms with van der Waals surface area (Å²) in [5.41, 5.74) is 4.54. The first-order valence-electron chi connectivity index (χ1n) is 7.58. The van der Waals surface area contributed by atoms with Crippen molar-refractivity contribution in [1.29, 1.82) is 0 Å². The molecule has 4 nitrogen and oxygen atoms in total. The Balaban J connectivity index is 2.22. The van der Waals surface area contributed by atoms with Crippen molar-refractivity contribution in [3.63, 3.8) is 0 Å². The molecule has 0 fully saturated rings. The van der Waals surface area contributed by atoms with Crippen LogP contribution in [0.4, 0.5) is 0 Å². The third-order valence-electron chi connectivity index (χ3n) is 3.85. The Morgan fingerprint density at radius 3 is 2.68 bits per heavy atom. The van der Waals surface area contributed by atoms with Gasteiger partial charge in [0.25, 0.3) is 0 Å². The topological polar surface area (TPSA) is 48.0 Å². The van der Waals surface area contributed by atoms with Crippen LogP contribution in [-0.2, 0) is 13.5 Å². The third kappa shape index (κ3) is 2.45. The lowest BCUT2D eigenvalue weighted by atomic mass is 10.1. The molecule has 114 valence electrons. The standard InChI is InChI=1S/C18H20N2O2/c1-5-6-13-9-15(20(4)19-13)17-10-16(21)14-8-11(2)7-12(3)18(14)22-17/h7-10H,5-6H2,1-4H3. The van der Waals surface area contributed by atoms with E-state index in [0.29, 0.717) is 16.7 Å². The van der Waals surface area contributed by atoms with Crippen LogP contribution < -0.4 is 5.43 Å². The summed E-state index contributed by atoms with van der Waals surface area (Å²) >= 11 is 0. The second-order valence-electron chi connectivity index (χ2n) is 5.83. The van der Waals surface area contributed by atoms with Crippen LogP contribution in [0.15, 0.2) is 33.5 Å². The van der Waals surface area contributed by atoms with Crippen LogP contribution in [0, 0.1) is 13.8 Å². The Morgan fingerprint density at radius 2 is 1.95 bits per heavy atom. The van der Waals surface area contributed by atoms with Crippen molar-refractivity contribution in [2.45, 2.75) is 33.6 Å². The summed E-state index contributed by atoms with van der Waals surface area (Å²) in [6.07, 6.45) is 1.96. The second-order valence-corrected chi connectivity index (χ2v) is 5.83. The number of aromatic nitrogens is 2. The lowest BCUT2D eigenvalue weighted by molar-refractivity contribution is 0.603. The maximum absolute atomic E-state index is 12.4. The SMILES string of the molecule is CCCc1cc(-c2cc(=O)c3cc(C)cc(C)c3o2)n(C)n1. The number of fused-ring (bicyclic) bond motifs is 1. The van der Waals surface area contributed by atoms with Crippen molar-refractivity contribution in [3.05, 3.63) is 51.3 Å². The molecule has 2 aromatic heterocycles. The van der Waals surface area contributed by atoms with E-state index in [1.54, 1.807) is 10.7 Å². The molecule has 0 aliphatic heterocycles. The fraction of sp³-hybridized carbons (Fsp3) is 0.333. The maximum Gasteiger partial charge on any atom is 0.193 e. The quantitative estimate of drug-likeness (QED) is 0.739. The number of rotatable bonds is 3. The fourth-order valence-corrected chi connectivity index (χ4v) is 2.87. The van der Waals surface area contributed by atoms with Gasteiger partial charge in [-0.05, 0) is 43.5 Å². The highest BCUT2D eigenvalue weighted by atomic mass is 16.3. The normalized spacial score (nSPS) is 11.3. The molecule has 0 saturated heterocycles. The lowest BCUT2D eigenvalue weighted by Gasteiger charge is -2.06. The van der Waals surface area contributed by atoms with Crippen LogP contribution in [0.3, 0.4) is 0 Å². The molecule has 0 N–H and O–H groups in total. The molecule has 0 aliphatic carbocycles. The largest absolute Gasteiger partial charge is 0.454 e. The van der Waals surface area contributed by atoms with Crippen LogP contribution in [0.2, 0.25) is 0 Å². The van der Waals surface area contributed by atoms with Crippen molar-refractivity contribution in [2.75, 3.05) is 0 Å². The van der Waals surface area contributed by atoms with E-state index in [0.717, 1.165) is 35.4 Å². The molecule has 0 amide bonds. The highest BCUT2D eigenvalue weighted by molar-refractivity contribution is 5.82. The van der Waals surface area contributed by atoms with E-state index >= 15 is 0 Å². The van der Waals surface area contributed by atoms with Crippen molar-refractivity contribution < 1.29 is 4.42 Å². The van der Waals surface area contributed by atoms with E-state index in [2.05, 4.69) is 12.0 Å². The molecular weight excluding hydrogens is 276 g/mol. The molecule has 3 rings (SSSR count). The molecule has 0 unspecified atom stereocenters. The summed E-state index contributed by atoms with van der Waals surface area (Å²) in [7, 11) is 1.88. The average Bonchev–Trinajstić information content (AvgIpc) is 2.81. The van der Waals surface area contributed by atoms with Gasteiger partial charge < -0.3 is 4.42 Å². The molecule has 3 aromatic rings. The van der Waals surface area contributed by atoms with E-state index in [4.69, 9.17) is 4.42 Å². The van der Waals surface area contributed by atoms with Gasteiger partial charge in [0.05, 0.1) is 11.1 Å². The molecular formula is C18H20N2O2. The summed E-state index contributed by atoms with van der Waals surface area (Å²) in [5, 5.41) is 5.11. The summed E-state index contributed by atoms with van der Waals surface area (Å²) in [6, 6.07) is 7.47. The van der Waals surface area contributed by atoms with Gasteiger partial charge in [0.15, 0.2) is 11.2 Å². The highest BCUT2D eigenvalue weighted by Gasteiger charge is 2.13. The van der Waals surface area contributed by atoms with Gasteiger partial charge in [-0.3, -0.25) is 9.48 Å². The van der Waals surface area contributed by atoms with E-state index in [1.807, 2.05) is 39.1 Å². The van der Waals surface area contributed by atoms with Gasteiger partial charge >= 0.3 is 0 Å². The molecule has 1 aromatic carbocycles. The minimum Gasteiger partial charge on any atom is -0.454 e. The zero-order valence-electron chi connectivity index (χ0n) is 13.4. The summed E-state index contributed by atoms with van der Waals surface area (Å²) in [5.74, 6) is 0.571. The molecule has 0 atom stereocenters. The summed E-state index contributed by atoms with van der Waals surface area (Å²) < 4.78 is 7.80. The van der Waals surface area contributed by atoms with E-state index < -0.39 is 0 Å². The van der Waals surface area contributed by atoms with Gasteiger partial charge in [-0.25, -0.2) is 0 Å². The molecule has 0 radical (unpaired) electrons. The fourth-order valence-electron chi connectivity index (χ4n) is 2.87. The van der Waals surface area contributed by atoms with Crippen molar-refractivity contribution >= 4 is 11.0 Å². The van der Waals surface area contributed by atoms with Crippen LogP contribution >= 0.6 is 0 Å². The number of benzene rings is 1. The van der Waals surface area contributed by atoms with Crippen LogP contribution in [0.1, 0.15) is 30.2 Å². The molecule has 0 saturated carbocycles.